The molecule has 202 valence electrons. The van der Waals surface area contributed by atoms with Gasteiger partial charge in [0.05, 0.1) is 13.0 Å². The van der Waals surface area contributed by atoms with Crippen molar-refractivity contribution in [2.45, 2.75) is 91.0 Å². The van der Waals surface area contributed by atoms with E-state index in [0.717, 1.165) is 24.8 Å². The molecule has 10 nitrogen and oxygen atoms in total. The summed E-state index contributed by atoms with van der Waals surface area (Å²) >= 11 is 0. The van der Waals surface area contributed by atoms with E-state index in [1.807, 2.05) is 32.9 Å². The number of ether oxygens (including phenoxy) is 1. The van der Waals surface area contributed by atoms with Gasteiger partial charge < -0.3 is 31.1 Å². The number of rotatable bonds is 13. The number of hydrogen-bond acceptors (Lipinski definition) is 6. The summed E-state index contributed by atoms with van der Waals surface area (Å²) < 4.78 is 5.24. The number of aryl methyl sites for hydroxylation is 1. The Kier molecular flexibility index (Phi) is 12.4. The zero-order chi connectivity index (χ0) is 27.5. The molecule has 36 heavy (non-hydrogen) atoms. The molecule has 1 rings (SSSR count). The summed E-state index contributed by atoms with van der Waals surface area (Å²) in [7, 11) is 0. The van der Waals surface area contributed by atoms with Gasteiger partial charge in [0.25, 0.3) is 0 Å². The van der Waals surface area contributed by atoms with Crippen LogP contribution < -0.4 is 16.4 Å². The predicted octanol–water partition coefficient (Wildman–Crippen LogP) is 2.18. The van der Waals surface area contributed by atoms with Crippen molar-refractivity contribution in [3.8, 4) is 0 Å². The standard InChI is InChI=1S/C26H42N4O6/c1-7-9-17(3)28-23(33)22(19-12-10-18(8-2)11-13-19)30(14-15-31)24(34)20(16-21(27)32)29-25(35)36-26(4,5)6/h10-13,17,20,22,31H,7-9,14-16H2,1-6H3,(H2,27,32)(H,28,33)(H,29,35). The van der Waals surface area contributed by atoms with Gasteiger partial charge >= 0.3 is 6.09 Å². The average molecular weight is 507 g/mol. The first kappa shape index (κ1) is 30.9. The quantitative estimate of drug-likeness (QED) is 0.322. The maximum absolute atomic E-state index is 13.7. The van der Waals surface area contributed by atoms with Crippen molar-refractivity contribution in [2.24, 2.45) is 5.73 Å². The molecule has 0 aromatic heterocycles. The van der Waals surface area contributed by atoms with E-state index in [9.17, 15) is 24.3 Å². The maximum atomic E-state index is 13.7. The molecule has 0 aliphatic rings. The van der Waals surface area contributed by atoms with Crippen molar-refractivity contribution < 1.29 is 29.0 Å². The van der Waals surface area contributed by atoms with E-state index in [4.69, 9.17) is 10.5 Å². The zero-order valence-corrected chi connectivity index (χ0v) is 22.3. The van der Waals surface area contributed by atoms with Gasteiger partial charge in [-0.05, 0) is 51.7 Å². The molecule has 0 radical (unpaired) electrons. The average Bonchev–Trinajstić information content (AvgIpc) is 2.76. The smallest absolute Gasteiger partial charge is 0.408 e. The summed E-state index contributed by atoms with van der Waals surface area (Å²) in [5.74, 6) is -1.99. The molecule has 0 aliphatic carbocycles. The second-order valence-electron chi connectivity index (χ2n) is 9.82. The molecule has 10 heteroatoms. The van der Waals surface area contributed by atoms with E-state index in [-0.39, 0.29) is 12.6 Å². The Balaban J connectivity index is 3.44. The summed E-state index contributed by atoms with van der Waals surface area (Å²) in [6.45, 7) is 10.2. The summed E-state index contributed by atoms with van der Waals surface area (Å²) in [6, 6.07) is 4.62. The lowest BCUT2D eigenvalue weighted by atomic mass is 9.99. The van der Waals surface area contributed by atoms with Gasteiger partial charge in [-0.2, -0.15) is 0 Å². The van der Waals surface area contributed by atoms with Crippen LogP contribution in [0.1, 0.15) is 78.0 Å². The van der Waals surface area contributed by atoms with Crippen LogP contribution in [-0.2, 0) is 25.5 Å². The highest BCUT2D eigenvalue weighted by atomic mass is 16.6. The fourth-order valence-corrected chi connectivity index (χ4v) is 3.76. The van der Waals surface area contributed by atoms with Crippen molar-refractivity contribution in [2.75, 3.05) is 13.2 Å². The number of hydrogen-bond donors (Lipinski definition) is 4. The minimum atomic E-state index is -1.39. The lowest BCUT2D eigenvalue weighted by Crippen LogP contribution is -2.55. The first-order valence-corrected chi connectivity index (χ1v) is 12.4. The third-order valence-electron chi connectivity index (χ3n) is 5.39. The van der Waals surface area contributed by atoms with Gasteiger partial charge in [0.2, 0.25) is 17.7 Å². The van der Waals surface area contributed by atoms with Crippen LogP contribution in [0.15, 0.2) is 24.3 Å². The number of amides is 4. The van der Waals surface area contributed by atoms with Crippen LogP contribution in [0.25, 0.3) is 0 Å². The Labute approximate surface area is 213 Å². The minimum Gasteiger partial charge on any atom is -0.444 e. The second kappa shape index (κ2) is 14.4. The molecule has 0 spiro atoms. The Morgan fingerprint density at radius 2 is 1.69 bits per heavy atom. The Morgan fingerprint density at radius 3 is 2.17 bits per heavy atom. The van der Waals surface area contributed by atoms with Crippen LogP contribution in [0.2, 0.25) is 0 Å². The highest BCUT2D eigenvalue weighted by Gasteiger charge is 2.37. The molecule has 0 saturated carbocycles. The lowest BCUT2D eigenvalue weighted by Gasteiger charge is -2.34. The van der Waals surface area contributed by atoms with Crippen LogP contribution in [0.4, 0.5) is 4.79 Å². The molecule has 1 aromatic rings. The molecule has 5 N–H and O–H groups in total. The van der Waals surface area contributed by atoms with Gasteiger partial charge in [-0.25, -0.2) is 4.79 Å². The van der Waals surface area contributed by atoms with Gasteiger partial charge in [-0.1, -0.05) is 44.5 Å². The number of carbonyl (C=O) groups is 4. The Hall–Kier alpha value is -3.14. The molecule has 0 heterocycles. The molecule has 0 aliphatic heterocycles. The van der Waals surface area contributed by atoms with Crippen LogP contribution in [0, 0.1) is 0 Å². The van der Waals surface area contributed by atoms with E-state index in [0.29, 0.717) is 5.56 Å². The number of primary amides is 1. The van der Waals surface area contributed by atoms with Crippen molar-refractivity contribution in [3.63, 3.8) is 0 Å². The maximum Gasteiger partial charge on any atom is 0.408 e. The fraction of sp³-hybridized carbons (Fsp3) is 0.615. The second-order valence-corrected chi connectivity index (χ2v) is 9.82. The van der Waals surface area contributed by atoms with E-state index in [1.54, 1.807) is 32.9 Å². The van der Waals surface area contributed by atoms with Gasteiger partial charge in [0.1, 0.15) is 17.7 Å². The summed E-state index contributed by atoms with van der Waals surface area (Å²) in [5, 5.41) is 15.1. The van der Waals surface area contributed by atoms with Crippen molar-refractivity contribution in [3.05, 3.63) is 35.4 Å². The van der Waals surface area contributed by atoms with Crippen molar-refractivity contribution >= 4 is 23.8 Å². The number of nitrogens with one attached hydrogen (secondary N) is 2. The van der Waals surface area contributed by atoms with Crippen LogP contribution >= 0.6 is 0 Å². The van der Waals surface area contributed by atoms with Crippen LogP contribution in [0.5, 0.6) is 0 Å². The van der Waals surface area contributed by atoms with Gasteiger partial charge in [0.15, 0.2) is 0 Å². The van der Waals surface area contributed by atoms with E-state index >= 15 is 0 Å². The lowest BCUT2D eigenvalue weighted by molar-refractivity contribution is -0.144. The summed E-state index contributed by atoms with van der Waals surface area (Å²) in [4.78, 5) is 52.5. The minimum absolute atomic E-state index is 0.146. The van der Waals surface area contributed by atoms with E-state index < -0.39 is 54.5 Å². The number of aliphatic hydroxyl groups is 1. The first-order chi connectivity index (χ1) is 16.8. The molecule has 3 atom stereocenters. The fourth-order valence-electron chi connectivity index (χ4n) is 3.76. The van der Waals surface area contributed by atoms with Crippen LogP contribution in [-0.4, -0.2) is 64.7 Å². The molecular formula is C26H42N4O6. The molecule has 0 bridgehead atoms. The number of nitrogens with two attached hydrogens (primary N) is 1. The number of benzene rings is 1. The molecule has 4 amide bonds. The third kappa shape index (κ3) is 10.2. The van der Waals surface area contributed by atoms with Crippen molar-refractivity contribution in [1.82, 2.24) is 15.5 Å². The van der Waals surface area contributed by atoms with Crippen LogP contribution in [0.3, 0.4) is 0 Å². The largest absolute Gasteiger partial charge is 0.444 e. The first-order valence-electron chi connectivity index (χ1n) is 12.4. The van der Waals surface area contributed by atoms with Gasteiger partial charge in [-0.3, -0.25) is 14.4 Å². The number of aliphatic hydroxyl groups excluding tert-OH is 1. The SMILES string of the molecule is CCCC(C)NC(=O)C(c1ccc(CC)cc1)N(CCO)C(=O)C(CC(N)=O)NC(=O)OC(C)(C)C. The number of alkyl carbamates (subject to hydrolysis) is 1. The summed E-state index contributed by atoms with van der Waals surface area (Å²) in [6.07, 6.45) is 0.985. The van der Waals surface area contributed by atoms with Gasteiger partial charge in [-0.15, -0.1) is 0 Å². The molecule has 0 fully saturated rings. The zero-order valence-electron chi connectivity index (χ0n) is 22.3. The van der Waals surface area contributed by atoms with Crippen molar-refractivity contribution in [1.29, 1.82) is 0 Å². The predicted molar refractivity (Wildman–Crippen MR) is 137 cm³/mol. The van der Waals surface area contributed by atoms with E-state index in [1.165, 1.54) is 4.90 Å². The Morgan fingerprint density at radius 1 is 1.08 bits per heavy atom. The van der Waals surface area contributed by atoms with Gasteiger partial charge in [0, 0.05) is 12.6 Å². The molecular weight excluding hydrogens is 464 g/mol. The number of carbonyl (C=O) groups excluding carboxylic acids is 4. The Bertz CT molecular complexity index is 881. The van der Waals surface area contributed by atoms with E-state index in [2.05, 4.69) is 10.6 Å². The highest BCUT2D eigenvalue weighted by Crippen LogP contribution is 2.24. The number of nitrogens with zero attached hydrogens (tertiary/aromatic N) is 1. The molecule has 3 unspecified atom stereocenters. The monoisotopic (exact) mass is 506 g/mol. The molecule has 1 aromatic carbocycles. The molecule has 0 saturated heterocycles. The normalized spacial score (nSPS) is 13.8. The highest BCUT2D eigenvalue weighted by molar-refractivity contribution is 5.94. The summed E-state index contributed by atoms with van der Waals surface area (Å²) in [5.41, 5.74) is 6.10. The third-order valence-corrected chi connectivity index (χ3v) is 5.39. The topological polar surface area (TPSA) is 151 Å².